The zero-order valence-corrected chi connectivity index (χ0v) is 26.1. The zero-order valence-electron chi connectivity index (χ0n) is 26.1. The van der Waals surface area contributed by atoms with Crippen LogP contribution in [0.3, 0.4) is 0 Å². The van der Waals surface area contributed by atoms with Crippen molar-refractivity contribution in [2.75, 3.05) is 41.7 Å². The minimum absolute atomic E-state index is 0.0776. The first-order chi connectivity index (χ1) is 20.7. The minimum atomic E-state index is -0.763. The van der Waals surface area contributed by atoms with Gasteiger partial charge in [0.05, 0.1) is 22.5 Å². The Morgan fingerprint density at radius 2 is 1.55 bits per heavy atom. The van der Waals surface area contributed by atoms with E-state index in [0.29, 0.717) is 37.7 Å². The van der Waals surface area contributed by atoms with Gasteiger partial charge in [-0.2, -0.15) is 0 Å². The van der Waals surface area contributed by atoms with Gasteiger partial charge in [0.2, 0.25) is 0 Å². The van der Waals surface area contributed by atoms with E-state index in [-0.39, 0.29) is 17.5 Å². The third-order valence-corrected chi connectivity index (χ3v) is 7.25. The highest BCUT2D eigenvalue weighted by molar-refractivity contribution is 6.08. The summed E-state index contributed by atoms with van der Waals surface area (Å²) in [6, 6.07) is 9.53. The van der Waals surface area contributed by atoms with Crippen molar-refractivity contribution in [3.63, 3.8) is 0 Å². The number of carbonyl (C=O) groups is 3. The van der Waals surface area contributed by atoms with Crippen LogP contribution in [0.5, 0.6) is 0 Å². The van der Waals surface area contributed by atoms with Crippen LogP contribution in [-0.2, 0) is 9.47 Å². The molecule has 5 rings (SSSR count). The van der Waals surface area contributed by atoms with Crippen molar-refractivity contribution in [1.29, 1.82) is 0 Å². The molecule has 3 amide bonds. The van der Waals surface area contributed by atoms with Gasteiger partial charge in [-0.15, -0.1) is 0 Å². The Labute approximate surface area is 256 Å². The van der Waals surface area contributed by atoms with Crippen molar-refractivity contribution in [2.45, 2.75) is 71.5 Å². The van der Waals surface area contributed by atoms with Gasteiger partial charge in [-0.3, -0.25) is 15.1 Å². The molecule has 3 aromatic rings. The molecule has 2 aliphatic rings. The van der Waals surface area contributed by atoms with E-state index in [1.807, 2.05) is 26.8 Å². The molecular formula is C33H40FN5O5. The van der Waals surface area contributed by atoms with Crippen molar-refractivity contribution in [2.24, 2.45) is 0 Å². The fourth-order valence-electron chi connectivity index (χ4n) is 5.18. The number of hydrogen-bond donors (Lipinski definition) is 2. The highest BCUT2D eigenvalue weighted by Gasteiger charge is 2.33. The number of nitrogens with one attached hydrogen (secondary N) is 2. The SMILES string of the molecule is CC(C)(C)OC(=O)Nc1cc(F)ccc1NC(=O)c1cnc2c(C3CC3)c(N3CCN(C(=O)OC(C)(C)C)CC3)ccc2c1. The van der Waals surface area contributed by atoms with Crippen LogP contribution < -0.4 is 15.5 Å². The molecule has 0 unspecified atom stereocenters. The molecule has 2 N–H and O–H groups in total. The Bertz CT molecular complexity index is 1580. The van der Waals surface area contributed by atoms with Gasteiger partial charge in [0.25, 0.3) is 5.91 Å². The summed E-state index contributed by atoms with van der Waals surface area (Å²) < 4.78 is 24.8. The average molecular weight is 606 g/mol. The summed E-state index contributed by atoms with van der Waals surface area (Å²) in [4.78, 5) is 46.9. The molecule has 234 valence electrons. The Hall–Kier alpha value is -4.41. The van der Waals surface area contributed by atoms with Crippen LogP contribution in [0, 0.1) is 5.82 Å². The Morgan fingerprint density at radius 3 is 2.18 bits per heavy atom. The number of nitrogens with zero attached hydrogens (tertiary/aromatic N) is 3. The van der Waals surface area contributed by atoms with Crippen LogP contribution in [0.4, 0.5) is 31.0 Å². The lowest BCUT2D eigenvalue weighted by molar-refractivity contribution is 0.0240. The molecule has 0 radical (unpaired) electrons. The lowest BCUT2D eigenvalue weighted by Crippen LogP contribution is -2.50. The molecule has 2 fully saturated rings. The molecule has 10 nitrogen and oxygen atoms in total. The van der Waals surface area contributed by atoms with Gasteiger partial charge in [-0.05, 0) is 90.6 Å². The fourth-order valence-corrected chi connectivity index (χ4v) is 5.18. The number of carbonyl (C=O) groups excluding carboxylic acids is 3. The second-order valence-electron chi connectivity index (χ2n) is 13.3. The summed E-state index contributed by atoms with van der Waals surface area (Å²) in [6.45, 7) is 13.3. The molecule has 1 saturated carbocycles. The number of piperazine rings is 1. The summed E-state index contributed by atoms with van der Waals surface area (Å²) in [5.74, 6) is -0.630. The second kappa shape index (κ2) is 11.9. The van der Waals surface area contributed by atoms with E-state index < -0.39 is 29.0 Å². The number of benzene rings is 2. The highest BCUT2D eigenvalue weighted by Crippen LogP contribution is 2.47. The lowest BCUT2D eigenvalue weighted by atomic mass is 10.0. The van der Waals surface area contributed by atoms with Crippen molar-refractivity contribution < 1.29 is 28.2 Å². The van der Waals surface area contributed by atoms with E-state index in [1.54, 1.807) is 31.7 Å². The molecule has 1 aliphatic carbocycles. The topological polar surface area (TPSA) is 113 Å². The standard InChI is InChI=1S/C33H40FN5O5/c1-32(2,3)43-30(41)37-25-18-23(34)10-11-24(25)36-29(40)22-17-21-9-12-26(27(20-7-8-20)28(21)35-19-22)38-13-15-39(16-14-38)31(42)44-33(4,5)6/h9-12,17-20H,7-8,13-16H2,1-6H3,(H,36,40)(H,37,41). The first-order valence-corrected chi connectivity index (χ1v) is 14.9. The maximum absolute atomic E-state index is 14.0. The molecule has 1 aromatic heterocycles. The maximum Gasteiger partial charge on any atom is 0.412 e. The number of anilines is 3. The summed E-state index contributed by atoms with van der Waals surface area (Å²) >= 11 is 0. The van der Waals surface area contributed by atoms with Gasteiger partial charge >= 0.3 is 12.2 Å². The van der Waals surface area contributed by atoms with Crippen LogP contribution in [-0.4, -0.2) is 65.4 Å². The van der Waals surface area contributed by atoms with E-state index >= 15 is 0 Å². The van der Waals surface area contributed by atoms with Gasteiger partial charge in [0.1, 0.15) is 17.0 Å². The van der Waals surface area contributed by atoms with Crippen molar-refractivity contribution >= 4 is 46.1 Å². The van der Waals surface area contributed by atoms with Gasteiger partial charge in [-0.25, -0.2) is 14.0 Å². The van der Waals surface area contributed by atoms with Gasteiger partial charge in [0.15, 0.2) is 0 Å². The predicted octanol–water partition coefficient (Wildman–Crippen LogP) is 6.91. The number of amides is 3. The summed E-state index contributed by atoms with van der Waals surface area (Å²) in [7, 11) is 0. The number of halogens is 1. The molecule has 1 saturated heterocycles. The van der Waals surface area contributed by atoms with Crippen LogP contribution in [0.2, 0.25) is 0 Å². The Morgan fingerprint density at radius 1 is 0.864 bits per heavy atom. The molecule has 44 heavy (non-hydrogen) atoms. The third kappa shape index (κ3) is 7.56. The van der Waals surface area contributed by atoms with Crippen LogP contribution >= 0.6 is 0 Å². The van der Waals surface area contributed by atoms with Gasteiger partial charge < -0.3 is 24.6 Å². The quantitative estimate of drug-likeness (QED) is 0.325. The minimum Gasteiger partial charge on any atom is -0.444 e. The largest absolute Gasteiger partial charge is 0.444 e. The van der Waals surface area contributed by atoms with Gasteiger partial charge in [-0.1, -0.05) is 6.07 Å². The molecule has 11 heteroatoms. The summed E-state index contributed by atoms with van der Waals surface area (Å²) in [5, 5.41) is 6.11. The Balaban J connectivity index is 1.33. The van der Waals surface area contributed by atoms with E-state index in [0.717, 1.165) is 35.5 Å². The van der Waals surface area contributed by atoms with E-state index in [4.69, 9.17) is 14.5 Å². The van der Waals surface area contributed by atoms with E-state index in [1.165, 1.54) is 23.9 Å². The summed E-state index contributed by atoms with van der Waals surface area (Å²) in [5.41, 5.74) is 2.48. The third-order valence-electron chi connectivity index (χ3n) is 7.25. The zero-order chi connectivity index (χ0) is 31.8. The van der Waals surface area contributed by atoms with Crippen molar-refractivity contribution in [3.8, 4) is 0 Å². The first kappa shape index (κ1) is 31.0. The maximum atomic E-state index is 14.0. The van der Waals surface area contributed by atoms with Crippen LogP contribution in [0.1, 0.15) is 76.2 Å². The monoisotopic (exact) mass is 605 g/mol. The molecule has 2 heterocycles. The number of ether oxygens (including phenoxy) is 2. The predicted molar refractivity (Wildman–Crippen MR) is 168 cm³/mol. The Kier molecular flexibility index (Phi) is 8.42. The molecule has 0 bridgehead atoms. The summed E-state index contributed by atoms with van der Waals surface area (Å²) in [6.07, 6.45) is 2.63. The molecular weight excluding hydrogens is 565 g/mol. The molecule has 0 spiro atoms. The fraction of sp³-hybridized carbons (Fsp3) is 0.455. The number of hydrogen-bond acceptors (Lipinski definition) is 7. The van der Waals surface area contributed by atoms with Crippen LogP contribution in [0.25, 0.3) is 10.9 Å². The second-order valence-corrected chi connectivity index (χ2v) is 13.3. The smallest absolute Gasteiger partial charge is 0.412 e. The molecule has 2 aromatic carbocycles. The number of pyridine rings is 1. The number of fused-ring (bicyclic) bond motifs is 1. The van der Waals surface area contributed by atoms with E-state index in [2.05, 4.69) is 21.6 Å². The van der Waals surface area contributed by atoms with Crippen molar-refractivity contribution in [1.82, 2.24) is 9.88 Å². The highest BCUT2D eigenvalue weighted by atomic mass is 19.1. The van der Waals surface area contributed by atoms with Crippen LogP contribution in [0.15, 0.2) is 42.6 Å². The normalized spacial score (nSPS) is 15.6. The van der Waals surface area contributed by atoms with E-state index in [9.17, 15) is 18.8 Å². The van der Waals surface area contributed by atoms with Crippen molar-refractivity contribution in [3.05, 3.63) is 59.5 Å². The average Bonchev–Trinajstić information content (AvgIpc) is 3.77. The van der Waals surface area contributed by atoms with Gasteiger partial charge in [0, 0.05) is 49.0 Å². The first-order valence-electron chi connectivity index (χ1n) is 14.9. The molecule has 0 atom stereocenters. The number of aromatic nitrogens is 1. The lowest BCUT2D eigenvalue weighted by Gasteiger charge is -2.37. The molecule has 1 aliphatic heterocycles. The number of rotatable bonds is 5.